The normalized spacial score (nSPS) is 14.2. The standard InChI is InChI=1S/C34H45NO2/c1-6-27(2)24-30(29-16-10-7-11-17-29)26-34(31-18-12-8-13-19-31,32-20-14-9-15-21-32)25-28(3)33(36)37-23-22-35(4)5/h7-21,27-28,30H,6,22-26H2,1-5H3. The number of esters is 1. The zero-order valence-corrected chi connectivity index (χ0v) is 23.4. The van der Waals surface area contributed by atoms with Gasteiger partial charge < -0.3 is 9.64 Å². The van der Waals surface area contributed by atoms with Crippen LogP contribution < -0.4 is 0 Å². The summed E-state index contributed by atoms with van der Waals surface area (Å²) in [4.78, 5) is 15.2. The highest BCUT2D eigenvalue weighted by molar-refractivity contribution is 5.72. The predicted octanol–water partition coefficient (Wildman–Crippen LogP) is 7.71. The lowest BCUT2D eigenvalue weighted by atomic mass is 9.63. The Morgan fingerprint density at radius 2 is 1.32 bits per heavy atom. The molecule has 3 rings (SSSR count). The molecule has 3 aromatic rings. The summed E-state index contributed by atoms with van der Waals surface area (Å²) in [5.74, 6) is 0.635. The molecule has 0 N–H and O–H groups in total. The molecular weight excluding hydrogens is 454 g/mol. The molecule has 0 fully saturated rings. The molecule has 3 atom stereocenters. The van der Waals surface area contributed by atoms with Gasteiger partial charge in [0, 0.05) is 12.0 Å². The van der Waals surface area contributed by atoms with Gasteiger partial charge in [0.25, 0.3) is 0 Å². The first kappa shape index (κ1) is 28.7. The highest BCUT2D eigenvalue weighted by Crippen LogP contribution is 2.47. The van der Waals surface area contributed by atoms with E-state index >= 15 is 0 Å². The highest BCUT2D eigenvalue weighted by Gasteiger charge is 2.40. The first-order valence-corrected chi connectivity index (χ1v) is 13.8. The molecule has 0 aromatic heterocycles. The summed E-state index contributed by atoms with van der Waals surface area (Å²) in [7, 11) is 3.99. The molecule has 37 heavy (non-hydrogen) atoms. The molecule has 0 heterocycles. The quantitative estimate of drug-likeness (QED) is 0.213. The monoisotopic (exact) mass is 499 g/mol. The third-order valence-electron chi connectivity index (χ3n) is 7.74. The van der Waals surface area contributed by atoms with Gasteiger partial charge in [-0.3, -0.25) is 4.79 Å². The Balaban J connectivity index is 2.07. The lowest BCUT2D eigenvalue weighted by Gasteiger charge is -2.40. The predicted molar refractivity (Wildman–Crippen MR) is 155 cm³/mol. The van der Waals surface area contributed by atoms with Crippen molar-refractivity contribution in [3.05, 3.63) is 108 Å². The van der Waals surface area contributed by atoms with Crippen LogP contribution in [0.15, 0.2) is 91.0 Å². The molecule has 0 aliphatic rings. The second kappa shape index (κ2) is 14.1. The van der Waals surface area contributed by atoms with Crippen LogP contribution in [0.25, 0.3) is 0 Å². The average molecular weight is 500 g/mol. The van der Waals surface area contributed by atoms with E-state index in [0.717, 1.165) is 25.8 Å². The minimum absolute atomic E-state index is 0.115. The van der Waals surface area contributed by atoms with Gasteiger partial charge in [0.1, 0.15) is 6.61 Å². The maximum absolute atomic E-state index is 13.2. The van der Waals surface area contributed by atoms with Gasteiger partial charge in [0.15, 0.2) is 0 Å². The molecule has 0 saturated heterocycles. The van der Waals surface area contributed by atoms with Gasteiger partial charge in [-0.15, -0.1) is 0 Å². The Morgan fingerprint density at radius 3 is 1.81 bits per heavy atom. The number of carbonyl (C=O) groups excluding carboxylic acids is 1. The molecule has 3 unspecified atom stereocenters. The molecule has 198 valence electrons. The SMILES string of the molecule is CCC(C)CC(CC(CC(C)C(=O)OCCN(C)C)(c1ccccc1)c1ccccc1)c1ccccc1. The Morgan fingerprint density at radius 1 is 0.811 bits per heavy atom. The number of benzene rings is 3. The molecular formula is C34H45NO2. The van der Waals surface area contributed by atoms with E-state index in [4.69, 9.17) is 4.74 Å². The van der Waals surface area contributed by atoms with E-state index in [1.54, 1.807) is 0 Å². The summed E-state index contributed by atoms with van der Waals surface area (Å²) in [5, 5.41) is 0. The van der Waals surface area contributed by atoms with Crippen LogP contribution >= 0.6 is 0 Å². The molecule has 0 aliphatic heterocycles. The molecule has 3 heteroatoms. The first-order valence-electron chi connectivity index (χ1n) is 13.8. The lowest BCUT2D eigenvalue weighted by molar-refractivity contribution is -0.148. The smallest absolute Gasteiger partial charge is 0.308 e. The summed E-state index contributed by atoms with van der Waals surface area (Å²) < 4.78 is 5.72. The zero-order chi connectivity index (χ0) is 26.7. The van der Waals surface area contributed by atoms with E-state index < -0.39 is 0 Å². The van der Waals surface area contributed by atoms with Crippen LogP contribution in [0.4, 0.5) is 0 Å². The Kier molecular flexibility index (Phi) is 11.0. The second-order valence-corrected chi connectivity index (χ2v) is 11.0. The van der Waals surface area contributed by atoms with Crippen LogP contribution in [0.1, 0.15) is 69.1 Å². The van der Waals surface area contributed by atoms with E-state index in [-0.39, 0.29) is 17.3 Å². The van der Waals surface area contributed by atoms with Gasteiger partial charge in [-0.2, -0.15) is 0 Å². The van der Waals surface area contributed by atoms with Gasteiger partial charge in [0.2, 0.25) is 0 Å². The van der Waals surface area contributed by atoms with Crippen molar-refractivity contribution in [3.63, 3.8) is 0 Å². The maximum Gasteiger partial charge on any atom is 0.308 e. The van der Waals surface area contributed by atoms with Gasteiger partial charge in [-0.1, -0.05) is 118 Å². The van der Waals surface area contributed by atoms with Crippen molar-refractivity contribution >= 4 is 5.97 Å². The first-order chi connectivity index (χ1) is 17.9. The minimum atomic E-state index is -0.323. The second-order valence-electron chi connectivity index (χ2n) is 11.0. The van der Waals surface area contributed by atoms with Crippen LogP contribution in [-0.2, 0) is 14.9 Å². The van der Waals surface area contributed by atoms with Crippen molar-refractivity contribution in [1.29, 1.82) is 0 Å². The number of nitrogens with zero attached hydrogens (tertiary/aromatic N) is 1. The maximum atomic E-state index is 13.2. The molecule has 0 spiro atoms. The molecule has 0 bridgehead atoms. The summed E-state index contributed by atoms with van der Waals surface area (Å²) in [6.07, 6.45) is 3.90. The van der Waals surface area contributed by atoms with E-state index in [1.165, 1.54) is 16.7 Å². The average Bonchev–Trinajstić information content (AvgIpc) is 2.93. The molecule has 0 aliphatic carbocycles. The summed E-state index contributed by atoms with van der Waals surface area (Å²) >= 11 is 0. The Bertz CT molecular complexity index is 1010. The molecule has 3 aromatic carbocycles. The number of carbonyl (C=O) groups is 1. The van der Waals surface area contributed by atoms with E-state index in [0.29, 0.717) is 24.9 Å². The number of rotatable bonds is 14. The largest absolute Gasteiger partial charge is 0.464 e. The number of hydrogen-bond acceptors (Lipinski definition) is 3. The van der Waals surface area contributed by atoms with Crippen molar-refractivity contribution in [2.24, 2.45) is 11.8 Å². The van der Waals surface area contributed by atoms with Crippen LogP contribution in [0.3, 0.4) is 0 Å². The summed E-state index contributed by atoms with van der Waals surface area (Å²) in [5.41, 5.74) is 3.58. The fraction of sp³-hybridized carbons (Fsp3) is 0.441. The zero-order valence-electron chi connectivity index (χ0n) is 23.4. The van der Waals surface area contributed by atoms with E-state index in [9.17, 15) is 4.79 Å². The lowest BCUT2D eigenvalue weighted by Crippen LogP contribution is -2.35. The van der Waals surface area contributed by atoms with Crippen LogP contribution in [-0.4, -0.2) is 38.1 Å². The van der Waals surface area contributed by atoms with Crippen LogP contribution in [0, 0.1) is 11.8 Å². The van der Waals surface area contributed by atoms with Gasteiger partial charge in [0.05, 0.1) is 5.92 Å². The Hall–Kier alpha value is -2.91. The number of hydrogen-bond donors (Lipinski definition) is 0. The molecule has 0 radical (unpaired) electrons. The minimum Gasteiger partial charge on any atom is -0.464 e. The summed E-state index contributed by atoms with van der Waals surface area (Å²) in [6, 6.07) is 32.5. The van der Waals surface area contributed by atoms with Crippen molar-refractivity contribution in [1.82, 2.24) is 4.90 Å². The fourth-order valence-corrected chi connectivity index (χ4v) is 5.45. The van der Waals surface area contributed by atoms with Crippen molar-refractivity contribution in [2.45, 2.75) is 57.8 Å². The van der Waals surface area contributed by atoms with Crippen LogP contribution in [0.5, 0.6) is 0 Å². The van der Waals surface area contributed by atoms with Crippen molar-refractivity contribution in [3.8, 4) is 0 Å². The molecule has 0 saturated carbocycles. The number of likely N-dealkylation sites (N-methyl/N-ethyl adjacent to an activating group) is 1. The van der Waals surface area contributed by atoms with Gasteiger partial charge in [-0.25, -0.2) is 0 Å². The van der Waals surface area contributed by atoms with E-state index in [2.05, 4.69) is 105 Å². The van der Waals surface area contributed by atoms with Crippen molar-refractivity contribution < 1.29 is 9.53 Å². The molecule has 3 nitrogen and oxygen atoms in total. The van der Waals surface area contributed by atoms with Crippen LogP contribution in [0.2, 0.25) is 0 Å². The van der Waals surface area contributed by atoms with Gasteiger partial charge >= 0.3 is 5.97 Å². The molecule has 0 amide bonds. The van der Waals surface area contributed by atoms with E-state index in [1.807, 2.05) is 25.9 Å². The fourth-order valence-electron chi connectivity index (χ4n) is 5.45. The Labute approximate surface area is 224 Å². The third kappa shape index (κ3) is 8.04. The highest BCUT2D eigenvalue weighted by atomic mass is 16.5. The third-order valence-corrected chi connectivity index (χ3v) is 7.74. The topological polar surface area (TPSA) is 29.5 Å². The summed E-state index contributed by atoms with van der Waals surface area (Å²) in [6.45, 7) is 7.81. The van der Waals surface area contributed by atoms with Gasteiger partial charge in [-0.05, 0) is 61.9 Å². The number of ether oxygens (including phenoxy) is 1. The van der Waals surface area contributed by atoms with Crippen molar-refractivity contribution in [2.75, 3.05) is 27.2 Å².